The molecule has 1 aromatic carbocycles. The summed E-state index contributed by atoms with van der Waals surface area (Å²) in [6.45, 7) is 10.8. The maximum atomic E-state index is 5.88. The molecule has 2 rings (SSSR count). The summed E-state index contributed by atoms with van der Waals surface area (Å²) in [6, 6.07) is 6.54. The highest BCUT2D eigenvalue weighted by atomic mass is 16.5. The third-order valence-electron chi connectivity index (χ3n) is 3.18. The van der Waals surface area contributed by atoms with Crippen molar-refractivity contribution < 1.29 is 4.74 Å². The third kappa shape index (κ3) is 2.01. The van der Waals surface area contributed by atoms with Gasteiger partial charge in [-0.2, -0.15) is 0 Å². The molecule has 1 aliphatic rings. The molecule has 1 aromatic rings. The predicted octanol–water partition coefficient (Wildman–Crippen LogP) is 3.25. The van der Waals surface area contributed by atoms with E-state index in [0.717, 1.165) is 25.3 Å². The Bertz CT molecular complexity index is 380. The van der Waals surface area contributed by atoms with E-state index in [-0.39, 0.29) is 5.60 Å². The summed E-state index contributed by atoms with van der Waals surface area (Å²) in [5.41, 5.74) is 2.61. The summed E-state index contributed by atoms with van der Waals surface area (Å²) in [5.74, 6) is 1.06. The molecule has 0 spiro atoms. The number of fused-ring (bicyclic) bond motifs is 1. The quantitative estimate of drug-likeness (QED) is 0.773. The highest BCUT2D eigenvalue weighted by molar-refractivity contribution is 5.54. The molecule has 0 unspecified atom stereocenters. The van der Waals surface area contributed by atoms with E-state index < -0.39 is 0 Å². The van der Waals surface area contributed by atoms with Gasteiger partial charge in [-0.05, 0) is 45.9 Å². The fourth-order valence-corrected chi connectivity index (χ4v) is 2.38. The van der Waals surface area contributed by atoms with Crippen molar-refractivity contribution in [3.8, 4) is 5.75 Å². The molecule has 0 radical (unpaired) electrons. The number of ether oxygens (including phenoxy) is 1. The molecule has 1 heterocycles. The van der Waals surface area contributed by atoms with Crippen LogP contribution in [-0.2, 0) is 6.42 Å². The number of hydrogen-bond donors (Lipinski definition) is 0. The molecule has 2 nitrogen and oxygen atoms in total. The molecule has 0 bridgehead atoms. The van der Waals surface area contributed by atoms with Gasteiger partial charge in [0.05, 0.1) is 0 Å². The monoisotopic (exact) mass is 219 g/mol. The van der Waals surface area contributed by atoms with Crippen LogP contribution < -0.4 is 9.64 Å². The smallest absolute Gasteiger partial charge is 0.123 e. The first kappa shape index (κ1) is 11.3. The van der Waals surface area contributed by atoms with Crippen molar-refractivity contribution in [2.24, 2.45) is 0 Å². The summed E-state index contributed by atoms with van der Waals surface area (Å²) < 4.78 is 5.88. The summed E-state index contributed by atoms with van der Waals surface area (Å²) in [7, 11) is 0. The van der Waals surface area contributed by atoms with Crippen molar-refractivity contribution in [1.29, 1.82) is 0 Å². The van der Waals surface area contributed by atoms with Crippen LogP contribution in [0.25, 0.3) is 0 Å². The van der Waals surface area contributed by atoms with Gasteiger partial charge in [0.2, 0.25) is 0 Å². The first-order chi connectivity index (χ1) is 7.55. The van der Waals surface area contributed by atoms with Crippen molar-refractivity contribution >= 4 is 5.69 Å². The van der Waals surface area contributed by atoms with Crippen LogP contribution in [0.15, 0.2) is 18.2 Å². The maximum absolute atomic E-state index is 5.88. The molecule has 1 aliphatic heterocycles. The highest BCUT2D eigenvalue weighted by Crippen LogP contribution is 2.36. The van der Waals surface area contributed by atoms with E-state index >= 15 is 0 Å². The lowest BCUT2D eigenvalue weighted by Crippen LogP contribution is -2.24. The van der Waals surface area contributed by atoms with Crippen LogP contribution in [0.4, 0.5) is 5.69 Å². The number of nitrogens with zero attached hydrogens (tertiary/aromatic N) is 1. The normalized spacial score (nSPS) is 16.8. The van der Waals surface area contributed by atoms with Gasteiger partial charge in [0, 0.05) is 30.8 Å². The lowest BCUT2D eigenvalue weighted by atomic mass is 10.0. The van der Waals surface area contributed by atoms with Gasteiger partial charge < -0.3 is 9.64 Å². The Morgan fingerprint density at radius 2 is 1.94 bits per heavy atom. The zero-order valence-corrected chi connectivity index (χ0v) is 10.7. The average molecular weight is 219 g/mol. The van der Waals surface area contributed by atoms with Crippen LogP contribution in [0.3, 0.4) is 0 Å². The van der Waals surface area contributed by atoms with E-state index in [1.165, 1.54) is 11.3 Å². The second-order valence-corrected chi connectivity index (χ2v) is 5.00. The standard InChI is InChI=1S/C14H21NO/c1-5-15(6-2)12-7-8-13-11(9-12)10-14(3,4)16-13/h7-9H,5-6,10H2,1-4H3. The minimum Gasteiger partial charge on any atom is -0.487 e. The zero-order valence-electron chi connectivity index (χ0n) is 10.7. The number of benzene rings is 1. The van der Waals surface area contributed by atoms with Gasteiger partial charge in [0.15, 0.2) is 0 Å². The average Bonchev–Trinajstić information content (AvgIpc) is 2.53. The number of anilines is 1. The summed E-state index contributed by atoms with van der Waals surface area (Å²) in [4.78, 5) is 2.37. The molecule has 16 heavy (non-hydrogen) atoms. The van der Waals surface area contributed by atoms with Crippen molar-refractivity contribution in [2.75, 3.05) is 18.0 Å². The van der Waals surface area contributed by atoms with E-state index in [1.54, 1.807) is 0 Å². The summed E-state index contributed by atoms with van der Waals surface area (Å²) in [6.07, 6.45) is 1.01. The van der Waals surface area contributed by atoms with E-state index in [1.807, 2.05) is 0 Å². The third-order valence-corrected chi connectivity index (χ3v) is 3.18. The van der Waals surface area contributed by atoms with Crippen molar-refractivity contribution in [3.05, 3.63) is 23.8 Å². The van der Waals surface area contributed by atoms with Crippen LogP contribution in [0, 0.1) is 0 Å². The van der Waals surface area contributed by atoms with Gasteiger partial charge in [-0.15, -0.1) is 0 Å². The van der Waals surface area contributed by atoms with Gasteiger partial charge in [-0.3, -0.25) is 0 Å². The first-order valence-electron chi connectivity index (χ1n) is 6.12. The zero-order chi connectivity index (χ0) is 11.8. The van der Waals surface area contributed by atoms with Gasteiger partial charge in [-0.25, -0.2) is 0 Å². The minimum atomic E-state index is -0.0375. The summed E-state index contributed by atoms with van der Waals surface area (Å²) in [5, 5.41) is 0. The molecule has 0 aromatic heterocycles. The second kappa shape index (κ2) is 4.00. The van der Waals surface area contributed by atoms with Crippen LogP contribution >= 0.6 is 0 Å². The van der Waals surface area contributed by atoms with E-state index in [0.29, 0.717) is 0 Å². The fourth-order valence-electron chi connectivity index (χ4n) is 2.38. The molecule has 0 saturated carbocycles. The van der Waals surface area contributed by atoms with Crippen LogP contribution in [0.1, 0.15) is 33.3 Å². The molecule has 0 amide bonds. The van der Waals surface area contributed by atoms with Crippen LogP contribution in [0.5, 0.6) is 5.75 Å². The molecular weight excluding hydrogens is 198 g/mol. The molecule has 0 atom stereocenters. The van der Waals surface area contributed by atoms with Gasteiger partial charge in [-0.1, -0.05) is 0 Å². The van der Waals surface area contributed by atoms with Gasteiger partial charge >= 0.3 is 0 Å². The molecule has 2 heteroatoms. The molecule has 0 saturated heterocycles. The van der Waals surface area contributed by atoms with Gasteiger partial charge in [0.1, 0.15) is 11.4 Å². The van der Waals surface area contributed by atoms with Crippen molar-refractivity contribution in [1.82, 2.24) is 0 Å². The van der Waals surface area contributed by atoms with Crippen molar-refractivity contribution in [3.63, 3.8) is 0 Å². The molecule has 0 aliphatic carbocycles. The molecule has 0 N–H and O–H groups in total. The summed E-state index contributed by atoms with van der Waals surface area (Å²) >= 11 is 0. The topological polar surface area (TPSA) is 12.5 Å². The van der Waals surface area contributed by atoms with E-state index in [9.17, 15) is 0 Å². The second-order valence-electron chi connectivity index (χ2n) is 5.00. The lowest BCUT2D eigenvalue weighted by Gasteiger charge is -2.21. The van der Waals surface area contributed by atoms with Crippen LogP contribution in [0.2, 0.25) is 0 Å². The fraction of sp³-hybridized carbons (Fsp3) is 0.571. The molecule has 0 fully saturated rings. The molecule has 88 valence electrons. The van der Waals surface area contributed by atoms with Gasteiger partial charge in [0.25, 0.3) is 0 Å². The van der Waals surface area contributed by atoms with E-state index in [4.69, 9.17) is 4.74 Å². The molecular formula is C14H21NO. The Morgan fingerprint density at radius 1 is 1.25 bits per heavy atom. The maximum Gasteiger partial charge on any atom is 0.123 e. The number of hydrogen-bond acceptors (Lipinski definition) is 2. The predicted molar refractivity (Wildman–Crippen MR) is 68.4 cm³/mol. The SMILES string of the molecule is CCN(CC)c1ccc2c(c1)CC(C)(C)O2. The lowest BCUT2D eigenvalue weighted by molar-refractivity contribution is 0.138. The largest absolute Gasteiger partial charge is 0.487 e. The van der Waals surface area contributed by atoms with E-state index in [2.05, 4.69) is 50.8 Å². The Morgan fingerprint density at radius 3 is 2.56 bits per heavy atom. The Labute approximate surface area is 98.2 Å². The Balaban J connectivity index is 2.28. The van der Waals surface area contributed by atoms with Crippen molar-refractivity contribution in [2.45, 2.75) is 39.7 Å². The first-order valence-corrected chi connectivity index (χ1v) is 6.12. The highest BCUT2D eigenvalue weighted by Gasteiger charge is 2.30. The Kier molecular flexibility index (Phi) is 2.83. The van der Waals surface area contributed by atoms with Crippen LogP contribution in [-0.4, -0.2) is 18.7 Å². The Hall–Kier alpha value is -1.18. The number of rotatable bonds is 3. The minimum absolute atomic E-state index is 0.0375.